The lowest BCUT2D eigenvalue weighted by Gasteiger charge is -2.34. The minimum absolute atomic E-state index is 0.289. The summed E-state index contributed by atoms with van der Waals surface area (Å²) >= 11 is 0. The Balaban J connectivity index is 2.04. The highest BCUT2D eigenvalue weighted by Gasteiger charge is 2.29. The fourth-order valence-corrected chi connectivity index (χ4v) is 3.18. The maximum Gasteiger partial charge on any atom is 0.112 e. The molecule has 0 spiro atoms. The number of anilines is 1. The molecule has 1 aliphatic rings. The van der Waals surface area contributed by atoms with Crippen molar-refractivity contribution >= 4 is 16.7 Å². The molecule has 4 nitrogen and oxygen atoms in total. The molecular weight excluding hydrogens is 262 g/mol. The summed E-state index contributed by atoms with van der Waals surface area (Å²) in [6.45, 7) is 9.51. The third-order valence-electron chi connectivity index (χ3n) is 4.56. The van der Waals surface area contributed by atoms with E-state index in [1.54, 1.807) is 0 Å². The fourth-order valence-electron chi connectivity index (χ4n) is 3.18. The first-order chi connectivity index (χ1) is 9.98. The molecule has 2 heterocycles. The molecule has 0 aliphatic carbocycles. The van der Waals surface area contributed by atoms with E-state index in [4.69, 9.17) is 15.5 Å². The minimum atomic E-state index is 0.289. The number of fused-ring (bicyclic) bond motifs is 1. The Kier molecular flexibility index (Phi) is 3.66. The highest BCUT2D eigenvalue weighted by Crippen LogP contribution is 2.34. The van der Waals surface area contributed by atoms with Crippen molar-refractivity contribution in [3.63, 3.8) is 0 Å². The number of ether oxygens (including phenoxy) is 1. The topological polar surface area (TPSA) is 53.1 Å². The van der Waals surface area contributed by atoms with Gasteiger partial charge in [-0.05, 0) is 36.5 Å². The molecule has 3 rings (SSSR count). The van der Waals surface area contributed by atoms with Gasteiger partial charge in [-0.2, -0.15) is 0 Å². The predicted octanol–water partition coefficient (Wildman–Crippen LogP) is 3.56. The van der Waals surface area contributed by atoms with Crippen molar-refractivity contribution in [2.45, 2.75) is 46.1 Å². The van der Waals surface area contributed by atoms with E-state index in [1.165, 1.54) is 5.52 Å². The van der Waals surface area contributed by atoms with Crippen LogP contribution in [0.2, 0.25) is 0 Å². The van der Waals surface area contributed by atoms with Gasteiger partial charge in [-0.3, -0.25) is 0 Å². The van der Waals surface area contributed by atoms with Gasteiger partial charge in [0.25, 0.3) is 0 Å². The summed E-state index contributed by atoms with van der Waals surface area (Å²) in [4.78, 5) is 4.82. The highest BCUT2D eigenvalue weighted by atomic mass is 16.5. The Labute approximate surface area is 126 Å². The van der Waals surface area contributed by atoms with Crippen LogP contribution < -0.4 is 5.73 Å². The van der Waals surface area contributed by atoms with Crippen LogP contribution >= 0.6 is 0 Å². The first-order valence-corrected chi connectivity index (χ1v) is 7.82. The second-order valence-electron chi connectivity index (χ2n) is 6.88. The molecule has 1 saturated heterocycles. The first-order valence-electron chi connectivity index (χ1n) is 7.82. The quantitative estimate of drug-likeness (QED) is 0.878. The minimum Gasteiger partial charge on any atom is -0.399 e. The van der Waals surface area contributed by atoms with Crippen molar-refractivity contribution in [2.24, 2.45) is 5.41 Å². The molecule has 0 atom stereocenters. The Hall–Kier alpha value is -1.55. The molecule has 2 N–H and O–H groups in total. The largest absolute Gasteiger partial charge is 0.399 e. The first kappa shape index (κ1) is 14.4. The second kappa shape index (κ2) is 5.34. The summed E-state index contributed by atoms with van der Waals surface area (Å²) in [7, 11) is 0. The standard InChI is InChI=1S/C17H25N3O/c1-12(2)16-19-14-10-13(18)4-5-15(14)20(16)11-17(3)6-8-21-9-7-17/h4-5,10,12H,6-9,11,18H2,1-3H3. The molecule has 2 aromatic rings. The summed E-state index contributed by atoms with van der Waals surface area (Å²) in [6, 6.07) is 6.05. The molecule has 0 radical (unpaired) electrons. The highest BCUT2D eigenvalue weighted by molar-refractivity contribution is 5.79. The Bertz CT molecular complexity index is 639. The summed E-state index contributed by atoms with van der Waals surface area (Å²) in [6.07, 6.45) is 2.22. The maximum atomic E-state index is 5.90. The van der Waals surface area contributed by atoms with Crippen LogP contribution in [0.4, 0.5) is 5.69 Å². The van der Waals surface area contributed by atoms with Gasteiger partial charge in [-0.15, -0.1) is 0 Å². The molecule has 0 unspecified atom stereocenters. The molecule has 21 heavy (non-hydrogen) atoms. The van der Waals surface area contributed by atoms with Gasteiger partial charge in [0.1, 0.15) is 5.82 Å². The van der Waals surface area contributed by atoms with Gasteiger partial charge in [0.05, 0.1) is 11.0 Å². The fraction of sp³-hybridized carbons (Fsp3) is 0.588. The third kappa shape index (κ3) is 2.77. The van der Waals surface area contributed by atoms with Gasteiger partial charge < -0.3 is 15.0 Å². The second-order valence-corrected chi connectivity index (χ2v) is 6.88. The SMILES string of the molecule is CC(C)c1nc2cc(N)ccc2n1CC1(C)CCOCC1. The Morgan fingerprint density at radius 2 is 2.05 bits per heavy atom. The average Bonchev–Trinajstić information content (AvgIpc) is 2.77. The van der Waals surface area contributed by atoms with Crippen molar-refractivity contribution < 1.29 is 4.74 Å². The van der Waals surface area contributed by atoms with E-state index in [2.05, 4.69) is 31.4 Å². The summed E-state index contributed by atoms with van der Waals surface area (Å²) in [5.74, 6) is 1.56. The molecule has 0 saturated carbocycles. The van der Waals surface area contributed by atoms with Crippen molar-refractivity contribution in [1.82, 2.24) is 9.55 Å². The van der Waals surface area contributed by atoms with Crippen LogP contribution in [-0.4, -0.2) is 22.8 Å². The van der Waals surface area contributed by atoms with Crippen LogP contribution in [0.25, 0.3) is 11.0 Å². The number of nitrogen functional groups attached to an aromatic ring is 1. The van der Waals surface area contributed by atoms with E-state index in [9.17, 15) is 0 Å². The van der Waals surface area contributed by atoms with Gasteiger partial charge in [0.15, 0.2) is 0 Å². The van der Waals surface area contributed by atoms with Crippen molar-refractivity contribution in [1.29, 1.82) is 0 Å². The van der Waals surface area contributed by atoms with Crippen LogP contribution in [0.15, 0.2) is 18.2 Å². The average molecular weight is 287 g/mol. The van der Waals surface area contributed by atoms with Gasteiger partial charge in [0.2, 0.25) is 0 Å². The van der Waals surface area contributed by atoms with Gasteiger partial charge in [-0.1, -0.05) is 20.8 Å². The molecular formula is C17H25N3O. The predicted molar refractivity (Wildman–Crippen MR) is 86.4 cm³/mol. The van der Waals surface area contributed by atoms with E-state index >= 15 is 0 Å². The van der Waals surface area contributed by atoms with Gasteiger partial charge >= 0.3 is 0 Å². The molecule has 114 valence electrons. The molecule has 0 amide bonds. The Morgan fingerprint density at radius 3 is 2.71 bits per heavy atom. The maximum absolute atomic E-state index is 5.90. The van der Waals surface area contributed by atoms with Crippen LogP contribution in [0, 0.1) is 5.41 Å². The van der Waals surface area contributed by atoms with E-state index in [-0.39, 0.29) is 5.41 Å². The van der Waals surface area contributed by atoms with Crippen molar-refractivity contribution in [3.8, 4) is 0 Å². The zero-order chi connectivity index (χ0) is 15.0. The number of aromatic nitrogens is 2. The summed E-state index contributed by atoms with van der Waals surface area (Å²) < 4.78 is 7.92. The number of rotatable bonds is 3. The number of benzene rings is 1. The summed E-state index contributed by atoms with van der Waals surface area (Å²) in [5, 5.41) is 0. The van der Waals surface area contributed by atoms with E-state index in [0.29, 0.717) is 5.92 Å². The van der Waals surface area contributed by atoms with Crippen LogP contribution in [0.3, 0.4) is 0 Å². The zero-order valence-electron chi connectivity index (χ0n) is 13.2. The van der Waals surface area contributed by atoms with E-state index in [0.717, 1.165) is 49.6 Å². The monoisotopic (exact) mass is 287 g/mol. The van der Waals surface area contributed by atoms with Crippen LogP contribution in [-0.2, 0) is 11.3 Å². The molecule has 1 fully saturated rings. The van der Waals surface area contributed by atoms with Crippen molar-refractivity contribution in [3.05, 3.63) is 24.0 Å². The number of nitrogens with zero attached hydrogens (tertiary/aromatic N) is 2. The lowest BCUT2D eigenvalue weighted by atomic mass is 9.82. The number of hydrogen-bond donors (Lipinski definition) is 1. The van der Waals surface area contributed by atoms with Gasteiger partial charge in [-0.25, -0.2) is 4.98 Å². The van der Waals surface area contributed by atoms with E-state index < -0.39 is 0 Å². The number of hydrogen-bond acceptors (Lipinski definition) is 3. The van der Waals surface area contributed by atoms with Crippen molar-refractivity contribution in [2.75, 3.05) is 18.9 Å². The molecule has 1 aliphatic heterocycles. The molecule has 4 heteroatoms. The molecule has 0 bridgehead atoms. The third-order valence-corrected chi connectivity index (χ3v) is 4.56. The van der Waals surface area contributed by atoms with E-state index in [1.807, 2.05) is 12.1 Å². The van der Waals surface area contributed by atoms with Gasteiger partial charge in [0, 0.05) is 31.4 Å². The number of imidazole rings is 1. The summed E-state index contributed by atoms with van der Waals surface area (Å²) in [5.41, 5.74) is 9.17. The van der Waals surface area contributed by atoms with Crippen LogP contribution in [0.5, 0.6) is 0 Å². The normalized spacial score (nSPS) is 18.5. The zero-order valence-corrected chi connectivity index (χ0v) is 13.2. The number of nitrogens with two attached hydrogens (primary N) is 1. The van der Waals surface area contributed by atoms with Crippen LogP contribution in [0.1, 0.15) is 45.4 Å². The lowest BCUT2D eigenvalue weighted by Crippen LogP contribution is -2.31. The molecule has 1 aromatic heterocycles. The lowest BCUT2D eigenvalue weighted by molar-refractivity contribution is 0.0156. The Morgan fingerprint density at radius 1 is 1.33 bits per heavy atom. The molecule has 1 aromatic carbocycles. The smallest absolute Gasteiger partial charge is 0.112 e.